The molecule has 1 amide bonds. The molecule has 0 saturated carbocycles. The highest BCUT2D eigenvalue weighted by Crippen LogP contribution is 2.10. The summed E-state index contributed by atoms with van der Waals surface area (Å²) in [6.07, 6.45) is -0.349. The summed E-state index contributed by atoms with van der Waals surface area (Å²) in [5.74, 6) is 0.0148. The predicted octanol–water partition coefficient (Wildman–Crippen LogP) is 2.15. The van der Waals surface area contributed by atoms with Crippen LogP contribution < -0.4 is 5.32 Å². The number of hydrogen-bond donors (Lipinski definition) is 1. The van der Waals surface area contributed by atoms with E-state index in [1.165, 1.54) is 0 Å². The van der Waals surface area contributed by atoms with Crippen molar-refractivity contribution in [3.8, 4) is 0 Å². The molecule has 8 heteroatoms. The van der Waals surface area contributed by atoms with Crippen molar-refractivity contribution in [3.05, 3.63) is 29.3 Å². The molecule has 0 saturated heterocycles. The Hall–Kier alpha value is -2.64. The lowest BCUT2D eigenvalue weighted by molar-refractivity contribution is -0.154. The van der Waals surface area contributed by atoms with Crippen molar-refractivity contribution in [2.45, 2.75) is 53.2 Å². The lowest BCUT2D eigenvalue weighted by Gasteiger charge is -2.15. The first kappa shape index (κ1) is 17.7. The summed E-state index contributed by atoms with van der Waals surface area (Å²) in [4.78, 5) is 24.1. The van der Waals surface area contributed by atoms with Crippen molar-refractivity contribution in [1.29, 1.82) is 0 Å². The average Bonchev–Trinajstić information content (AvgIpc) is 3.07. The van der Waals surface area contributed by atoms with Crippen LogP contribution in [0.5, 0.6) is 0 Å². The van der Waals surface area contributed by atoms with Crippen LogP contribution in [-0.2, 0) is 20.9 Å². The second-order valence-electron chi connectivity index (χ2n) is 5.60. The maximum absolute atomic E-state index is 12.1. The maximum Gasteiger partial charge on any atom is 0.308 e. The van der Waals surface area contributed by atoms with Crippen molar-refractivity contribution < 1.29 is 18.8 Å². The molecular formula is C16H22N4O4. The van der Waals surface area contributed by atoms with Gasteiger partial charge in [-0.15, -0.1) is 0 Å². The van der Waals surface area contributed by atoms with Gasteiger partial charge in [-0.2, -0.15) is 5.10 Å². The summed E-state index contributed by atoms with van der Waals surface area (Å²) in [6, 6.07) is 3.53. The maximum atomic E-state index is 12.1. The molecular weight excluding hydrogens is 312 g/mol. The number of carbonyl (C=O) groups is 2. The van der Waals surface area contributed by atoms with Crippen LogP contribution in [0.1, 0.15) is 36.9 Å². The number of carbonyl (C=O) groups excluding carboxylic acids is 2. The lowest BCUT2D eigenvalue weighted by atomic mass is 10.2. The zero-order chi connectivity index (χ0) is 17.7. The Balaban J connectivity index is 1.85. The van der Waals surface area contributed by atoms with E-state index < -0.39 is 18.0 Å². The van der Waals surface area contributed by atoms with E-state index >= 15 is 0 Å². The molecule has 130 valence electrons. The molecule has 0 aliphatic heterocycles. The third kappa shape index (κ3) is 4.68. The first-order valence-electron chi connectivity index (χ1n) is 7.83. The Morgan fingerprint density at radius 1 is 1.33 bits per heavy atom. The van der Waals surface area contributed by atoms with Crippen molar-refractivity contribution in [2.24, 2.45) is 0 Å². The Morgan fingerprint density at radius 3 is 2.62 bits per heavy atom. The Morgan fingerprint density at radius 2 is 2.08 bits per heavy atom. The van der Waals surface area contributed by atoms with Gasteiger partial charge in [0.15, 0.2) is 11.9 Å². The summed E-state index contributed by atoms with van der Waals surface area (Å²) >= 11 is 0. The second kappa shape index (κ2) is 7.76. The molecule has 0 aliphatic rings. The van der Waals surface area contributed by atoms with Gasteiger partial charge in [-0.1, -0.05) is 12.1 Å². The van der Waals surface area contributed by atoms with Gasteiger partial charge in [-0.3, -0.25) is 14.3 Å². The van der Waals surface area contributed by atoms with Gasteiger partial charge in [0.05, 0.1) is 18.7 Å². The van der Waals surface area contributed by atoms with E-state index in [4.69, 9.17) is 9.26 Å². The van der Waals surface area contributed by atoms with E-state index in [0.717, 1.165) is 11.4 Å². The summed E-state index contributed by atoms with van der Waals surface area (Å²) in [5, 5.41) is 10.5. The van der Waals surface area contributed by atoms with Crippen LogP contribution >= 0.6 is 0 Å². The molecule has 0 aromatic carbocycles. The molecule has 1 atom stereocenters. The van der Waals surface area contributed by atoms with Crippen LogP contribution in [0.25, 0.3) is 0 Å². The van der Waals surface area contributed by atoms with E-state index in [9.17, 15) is 9.59 Å². The van der Waals surface area contributed by atoms with Gasteiger partial charge in [-0.25, -0.2) is 0 Å². The van der Waals surface area contributed by atoms with Crippen LogP contribution in [-0.4, -0.2) is 32.9 Å². The highest BCUT2D eigenvalue weighted by Gasteiger charge is 2.22. The van der Waals surface area contributed by atoms with Gasteiger partial charge in [-0.05, 0) is 33.3 Å². The fourth-order valence-corrected chi connectivity index (χ4v) is 2.27. The third-order valence-electron chi connectivity index (χ3n) is 3.45. The smallest absolute Gasteiger partial charge is 0.308 e. The number of nitrogens with zero attached hydrogens (tertiary/aromatic N) is 3. The molecule has 2 aromatic heterocycles. The zero-order valence-corrected chi connectivity index (χ0v) is 14.3. The highest BCUT2D eigenvalue weighted by molar-refractivity contribution is 5.94. The SMILES string of the molecule is CCC(OC(=O)CCn1nc(C)cc1C)C(=O)Nc1cc(C)on1. The van der Waals surface area contributed by atoms with Gasteiger partial charge in [0.2, 0.25) is 0 Å². The molecule has 8 nitrogen and oxygen atoms in total. The fourth-order valence-electron chi connectivity index (χ4n) is 2.27. The molecule has 2 aromatic rings. The standard InChI is InChI=1S/C16H22N4O4/c1-5-13(16(22)17-14-9-12(4)24-19-14)23-15(21)6-7-20-11(3)8-10(2)18-20/h8-9,13H,5-7H2,1-4H3,(H,17,19,22). The largest absolute Gasteiger partial charge is 0.452 e. The van der Waals surface area contributed by atoms with Crippen LogP contribution in [0.15, 0.2) is 16.7 Å². The van der Waals surface area contributed by atoms with E-state index in [1.807, 2.05) is 19.9 Å². The number of esters is 1. The van der Waals surface area contributed by atoms with E-state index in [2.05, 4.69) is 15.6 Å². The molecule has 0 aliphatic carbocycles. The second-order valence-corrected chi connectivity index (χ2v) is 5.60. The molecule has 2 rings (SSSR count). The quantitative estimate of drug-likeness (QED) is 0.779. The van der Waals surface area contributed by atoms with Crippen molar-refractivity contribution >= 4 is 17.7 Å². The number of ether oxygens (including phenoxy) is 1. The number of anilines is 1. The summed E-state index contributed by atoms with van der Waals surface area (Å²) < 4.78 is 11.9. The third-order valence-corrected chi connectivity index (χ3v) is 3.45. The van der Waals surface area contributed by atoms with Gasteiger partial charge in [0.1, 0.15) is 5.76 Å². The monoisotopic (exact) mass is 334 g/mol. The van der Waals surface area contributed by atoms with Crippen LogP contribution in [0.4, 0.5) is 5.82 Å². The summed E-state index contributed by atoms with van der Waals surface area (Å²) in [5.41, 5.74) is 1.88. The van der Waals surface area contributed by atoms with Gasteiger partial charge in [0, 0.05) is 11.8 Å². The zero-order valence-electron chi connectivity index (χ0n) is 14.3. The average molecular weight is 334 g/mol. The minimum Gasteiger partial charge on any atom is -0.452 e. The highest BCUT2D eigenvalue weighted by atomic mass is 16.5. The van der Waals surface area contributed by atoms with Gasteiger partial charge >= 0.3 is 5.97 Å². The molecule has 24 heavy (non-hydrogen) atoms. The van der Waals surface area contributed by atoms with Gasteiger partial charge < -0.3 is 14.6 Å². The van der Waals surface area contributed by atoms with Crippen molar-refractivity contribution in [2.75, 3.05) is 5.32 Å². The van der Waals surface area contributed by atoms with Crippen molar-refractivity contribution in [3.63, 3.8) is 0 Å². The number of nitrogens with one attached hydrogen (secondary N) is 1. The molecule has 0 fully saturated rings. The number of rotatable bonds is 7. The lowest BCUT2D eigenvalue weighted by Crippen LogP contribution is -2.32. The molecule has 0 spiro atoms. The predicted molar refractivity (Wildman–Crippen MR) is 86.4 cm³/mol. The minimum absolute atomic E-state index is 0.148. The topological polar surface area (TPSA) is 99.2 Å². The molecule has 0 bridgehead atoms. The molecule has 0 radical (unpaired) electrons. The minimum atomic E-state index is -0.866. The number of aromatic nitrogens is 3. The van der Waals surface area contributed by atoms with Crippen LogP contribution in [0.2, 0.25) is 0 Å². The van der Waals surface area contributed by atoms with Gasteiger partial charge in [0.25, 0.3) is 5.91 Å². The Bertz CT molecular complexity index is 719. The molecule has 2 heterocycles. The Labute approximate surface area is 140 Å². The summed E-state index contributed by atoms with van der Waals surface area (Å²) in [7, 11) is 0. The summed E-state index contributed by atoms with van der Waals surface area (Å²) in [6.45, 7) is 7.73. The van der Waals surface area contributed by atoms with E-state index in [1.54, 1.807) is 24.6 Å². The normalized spacial score (nSPS) is 12.0. The van der Waals surface area contributed by atoms with Crippen LogP contribution in [0.3, 0.4) is 0 Å². The molecule has 1 N–H and O–H groups in total. The first-order valence-corrected chi connectivity index (χ1v) is 7.83. The first-order chi connectivity index (χ1) is 11.4. The van der Waals surface area contributed by atoms with E-state index in [0.29, 0.717) is 24.5 Å². The number of amides is 1. The fraction of sp³-hybridized carbons (Fsp3) is 0.500. The van der Waals surface area contributed by atoms with Crippen LogP contribution in [0, 0.1) is 20.8 Å². The Kier molecular flexibility index (Phi) is 5.73. The number of aryl methyl sites for hydroxylation is 4. The van der Waals surface area contributed by atoms with Crippen molar-refractivity contribution in [1.82, 2.24) is 14.9 Å². The van der Waals surface area contributed by atoms with E-state index in [-0.39, 0.29) is 6.42 Å². The molecule has 1 unspecified atom stereocenters. The number of hydrogen-bond acceptors (Lipinski definition) is 6.